The molecule has 2 aliphatic carbocycles. The third-order valence-corrected chi connectivity index (χ3v) is 14.1. The highest BCUT2D eigenvalue weighted by atomic mass is 32.2. The van der Waals surface area contributed by atoms with Crippen LogP contribution in [-0.4, -0.2) is 119 Å². The topological polar surface area (TPSA) is 309 Å². The maximum absolute atomic E-state index is 12.3. The molecule has 6 N–H and O–H groups in total. The van der Waals surface area contributed by atoms with E-state index < -0.39 is 66.2 Å². The number of nitrogens with one attached hydrogen (secondary N) is 1. The van der Waals surface area contributed by atoms with Crippen LogP contribution in [0.25, 0.3) is 0 Å². The predicted octanol–water partition coefficient (Wildman–Crippen LogP) is 3.99. The van der Waals surface area contributed by atoms with Crippen LogP contribution in [0, 0.1) is 17.3 Å². The lowest BCUT2D eigenvalue weighted by molar-refractivity contribution is -0.123. The molecule has 22 nitrogen and oxygen atoms in total. The number of carbonyl (C=O) groups is 1. The number of ether oxygens (including phenoxy) is 1. The second kappa shape index (κ2) is 25.1. The molecule has 28 heteroatoms. The summed E-state index contributed by atoms with van der Waals surface area (Å²) in [6.07, 6.45) is 2.40. The fourth-order valence-corrected chi connectivity index (χ4v) is 9.83. The standard InChI is InChI=1S/C15H26N3O6P.C15H23N3O4.C6H12F3O6PS/c1-3-23-25(21,24-4-2)10-22-9-11-7-12(8-13(11)19)18-6-5-14(16)17-15(18)20;1-15(2,3)13(21)16-12-4-5-18(14(22)17-12)10-6-9(8-19)11(20)7-10;1-3-13-16(10,14-4-2)5-15-17(11,12)6(7,8)9/h5-6,11-13,19H,3-4,7-10H2,1-2H3,(H2,16,17,20);4-5,9-11,19-20H,6-8H2,1-3H3,(H,16,17,21,22);3-5H2,1-2H3/t11-,12-,13+;9-,10-,11+;/m11./s1. The highest BCUT2D eigenvalue weighted by Gasteiger charge is 2.48. The molecule has 4 rings (SSSR count). The highest BCUT2D eigenvalue weighted by Crippen LogP contribution is 2.49. The first-order valence-electron chi connectivity index (χ1n) is 20.2. The van der Waals surface area contributed by atoms with Crippen molar-refractivity contribution in [3.05, 3.63) is 45.5 Å². The minimum atomic E-state index is -5.80. The summed E-state index contributed by atoms with van der Waals surface area (Å²) in [5.74, 6) is -0.210. The fourth-order valence-electron chi connectivity index (χ4n) is 6.27. The minimum absolute atomic E-state index is 0.0976. The highest BCUT2D eigenvalue weighted by molar-refractivity contribution is 7.87. The van der Waals surface area contributed by atoms with Gasteiger partial charge >= 0.3 is 42.2 Å². The van der Waals surface area contributed by atoms with E-state index in [0.717, 1.165) is 0 Å². The van der Waals surface area contributed by atoms with E-state index in [4.69, 9.17) is 19.5 Å². The van der Waals surface area contributed by atoms with Crippen LogP contribution in [0.4, 0.5) is 24.8 Å². The number of hydrogen-bond donors (Lipinski definition) is 5. The monoisotopic (exact) mass is 984 g/mol. The molecule has 2 aromatic heterocycles. The van der Waals surface area contributed by atoms with Crippen molar-refractivity contribution in [1.82, 2.24) is 19.1 Å². The second-order valence-electron chi connectivity index (χ2n) is 15.4. The summed E-state index contributed by atoms with van der Waals surface area (Å²) in [4.78, 5) is 43.5. The number of halogens is 3. The largest absolute Gasteiger partial charge is 0.523 e. The quantitative estimate of drug-likeness (QED) is 0.0755. The van der Waals surface area contributed by atoms with Gasteiger partial charge in [0.1, 0.15) is 18.0 Å². The number of aliphatic hydroxyl groups is 3. The molecule has 2 aromatic rings. The van der Waals surface area contributed by atoms with Crippen molar-refractivity contribution >= 4 is 42.9 Å². The number of hydrogen-bond acceptors (Lipinski definition) is 19. The molecule has 2 aliphatic rings. The number of anilines is 2. The molecule has 0 bridgehead atoms. The number of amides is 1. The van der Waals surface area contributed by atoms with Gasteiger partial charge in [-0.25, -0.2) is 9.59 Å². The molecule has 2 heterocycles. The molecule has 368 valence electrons. The van der Waals surface area contributed by atoms with Crippen molar-refractivity contribution < 1.29 is 77.8 Å². The smallest absolute Gasteiger partial charge is 0.396 e. The zero-order valence-corrected chi connectivity index (χ0v) is 39.3. The molecule has 1 amide bonds. The van der Waals surface area contributed by atoms with Crippen LogP contribution in [0.15, 0.2) is 34.1 Å². The molecule has 2 fully saturated rings. The zero-order chi connectivity index (χ0) is 48.7. The van der Waals surface area contributed by atoms with E-state index in [1.807, 2.05) is 0 Å². The molecular formula is C36H61F3N6O16P2S. The number of alkyl halides is 3. The van der Waals surface area contributed by atoms with Gasteiger partial charge in [-0.15, -0.1) is 0 Å². The summed E-state index contributed by atoms with van der Waals surface area (Å²) in [5, 5.41) is 31.8. The van der Waals surface area contributed by atoms with Crippen LogP contribution < -0.4 is 22.4 Å². The molecule has 0 radical (unpaired) electrons. The van der Waals surface area contributed by atoms with Crippen LogP contribution in [0.5, 0.6) is 0 Å². The van der Waals surface area contributed by atoms with Crippen molar-refractivity contribution in [3.63, 3.8) is 0 Å². The molecule has 64 heavy (non-hydrogen) atoms. The number of carbonyl (C=O) groups excluding carboxylic acids is 1. The van der Waals surface area contributed by atoms with Gasteiger partial charge in [-0.3, -0.25) is 27.2 Å². The number of nitrogen functional groups attached to an aromatic ring is 1. The van der Waals surface area contributed by atoms with Crippen LogP contribution in [-0.2, 0) is 51.1 Å². The molecule has 0 spiro atoms. The van der Waals surface area contributed by atoms with Gasteiger partial charge in [0.15, 0.2) is 6.35 Å². The summed E-state index contributed by atoms with van der Waals surface area (Å²) in [6, 6.07) is 2.77. The number of nitrogens with zero attached hydrogens (tertiary/aromatic N) is 4. The first kappa shape index (κ1) is 57.0. The van der Waals surface area contributed by atoms with Gasteiger partial charge < -0.3 is 49.2 Å². The Morgan fingerprint density at radius 2 is 1.27 bits per heavy atom. The SMILES string of the molecule is CC(C)(C)C(=O)Nc1ccn([C@@H]2C[C@H](CO)[C@@H](O)C2)c(=O)n1.CCOP(=O)(COC[C@H]1C[C@@H](n2ccc(N)nc2=O)C[C@@H]1O)OCC.CCOP(=O)(COS(=O)(=O)C(F)(F)F)OCC. The van der Waals surface area contributed by atoms with E-state index in [1.165, 1.54) is 23.0 Å². The Balaban J connectivity index is 0.000000337. The second-order valence-corrected chi connectivity index (χ2v) is 21.0. The van der Waals surface area contributed by atoms with E-state index in [-0.39, 0.29) is 87.5 Å². The van der Waals surface area contributed by atoms with Crippen LogP contribution >= 0.6 is 15.2 Å². The third kappa shape index (κ3) is 17.6. The Bertz CT molecular complexity index is 2100. The van der Waals surface area contributed by atoms with Crippen molar-refractivity contribution in [3.8, 4) is 0 Å². The fraction of sp³-hybridized carbons (Fsp3) is 0.750. The number of rotatable bonds is 19. The number of aromatic nitrogens is 4. The first-order valence-corrected chi connectivity index (χ1v) is 25.1. The van der Waals surface area contributed by atoms with Crippen LogP contribution in [0.3, 0.4) is 0 Å². The van der Waals surface area contributed by atoms with Crippen LogP contribution in [0.1, 0.15) is 86.2 Å². The Kier molecular flexibility index (Phi) is 22.4. The Morgan fingerprint density at radius 3 is 1.69 bits per heavy atom. The van der Waals surface area contributed by atoms with E-state index in [2.05, 4.69) is 28.5 Å². The normalized spacial score (nSPS) is 21.7. The summed E-state index contributed by atoms with van der Waals surface area (Å²) < 4.78 is 112. The molecule has 0 saturated heterocycles. The molecule has 0 unspecified atom stereocenters. The molecular weight excluding hydrogens is 923 g/mol. The molecule has 0 aromatic carbocycles. The van der Waals surface area contributed by atoms with Crippen molar-refractivity contribution in [2.75, 3.05) is 63.4 Å². The van der Waals surface area contributed by atoms with E-state index >= 15 is 0 Å². The molecule has 0 aliphatic heterocycles. The van der Waals surface area contributed by atoms with Gasteiger partial charge in [-0.05, 0) is 65.5 Å². The van der Waals surface area contributed by atoms with Crippen molar-refractivity contribution in [1.29, 1.82) is 0 Å². The maximum Gasteiger partial charge on any atom is 0.523 e. The molecule has 6 atom stereocenters. The summed E-state index contributed by atoms with van der Waals surface area (Å²) in [7, 11) is -13.1. The van der Waals surface area contributed by atoms with E-state index in [1.54, 1.807) is 59.1 Å². The summed E-state index contributed by atoms with van der Waals surface area (Å²) in [6.45, 7) is 12.0. The lowest BCUT2D eigenvalue weighted by Crippen LogP contribution is -2.31. The van der Waals surface area contributed by atoms with E-state index in [9.17, 15) is 60.4 Å². The average molecular weight is 985 g/mol. The van der Waals surface area contributed by atoms with Crippen molar-refractivity contribution in [2.24, 2.45) is 17.3 Å². The van der Waals surface area contributed by atoms with Gasteiger partial charge in [0.05, 0.1) is 45.2 Å². The van der Waals surface area contributed by atoms with Gasteiger partial charge in [0, 0.05) is 48.3 Å². The van der Waals surface area contributed by atoms with Crippen molar-refractivity contribution in [2.45, 2.75) is 104 Å². The Morgan fingerprint density at radius 1 is 0.812 bits per heavy atom. The lowest BCUT2D eigenvalue weighted by Gasteiger charge is -2.19. The first-order chi connectivity index (χ1) is 29.7. The minimum Gasteiger partial charge on any atom is -0.396 e. The summed E-state index contributed by atoms with van der Waals surface area (Å²) in [5.41, 5.74) is -1.55. The Hall–Kier alpha value is -3.13. The van der Waals surface area contributed by atoms with E-state index in [0.29, 0.717) is 25.7 Å². The summed E-state index contributed by atoms with van der Waals surface area (Å²) >= 11 is 0. The lowest BCUT2D eigenvalue weighted by atomic mass is 9.96. The maximum atomic E-state index is 12.3. The third-order valence-electron chi connectivity index (χ3n) is 9.42. The molecule has 2 saturated carbocycles. The number of nitrogens with two attached hydrogens (primary N) is 1. The predicted molar refractivity (Wildman–Crippen MR) is 226 cm³/mol. The van der Waals surface area contributed by atoms with Gasteiger partial charge in [0.25, 0.3) is 0 Å². The van der Waals surface area contributed by atoms with Gasteiger partial charge in [-0.1, -0.05) is 20.8 Å². The van der Waals surface area contributed by atoms with Gasteiger partial charge in [0.2, 0.25) is 5.91 Å². The zero-order valence-electron chi connectivity index (χ0n) is 36.7. The van der Waals surface area contributed by atoms with Crippen LogP contribution in [0.2, 0.25) is 0 Å². The average Bonchev–Trinajstić information content (AvgIpc) is 3.75. The number of aliphatic hydroxyl groups excluding tert-OH is 3. The van der Waals surface area contributed by atoms with Gasteiger partial charge in [-0.2, -0.15) is 31.6 Å². The Labute approximate surface area is 369 Å².